The number of nitrogens with one attached hydrogen (secondary N) is 4. The van der Waals surface area contributed by atoms with Crippen molar-refractivity contribution in [2.45, 2.75) is 45.7 Å². The normalized spacial score (nSPS) is 11.4. The third-order valence-corrected chi connectivity index (χ3v) is 5.68. The minimum Gasteiger partial charge on any atom is -0.359 e. The van der Waals surface area contributed by atoms with Gasteiger partial charge in [0.2, 0.25) is 5.91 Å². The molecule has 2 aromatic carbocycles. The fourth-order valence-corrected chi connectivity index (χ4v) is 3.81. The van der Waals surface area contributed by atoms with Gasteiger partial charge in [0.1, 0.15) is 17.2 Å². The second-order valence-corrected chi connectivity index (χ2v) is 8.40. The predicted octanol–water partition coefficient (Wildman–Crippen LogP) is 4.10. The molecule has 0 spiro atoms. The van der Waals surface area contributed by atoms with Gasteiger partial charge in [0.25, 0.3) is 5.91 Å². The van der Waals surface area contributed by atoms with E-state index in [1.165, 1.54) is 0 Å². The van der Waals surface area contributed by atoms with Crippen LogP contribution in [-0.2, 0) is 11.3 Å². The largest absolute Gasteiger partial charge is 0.359 e. The van der Waals surface area contributed by atoms with Crippen LogP contribution in [0.1, 0.15) is 55.5 Å². The zero-order valence-corrected chi connectivity index (χ0v) is 21.0. The van der Waals surface area contributed by atoms with E-state index in [1.54, 1.807) is 30.7 Å². The van der Waals surface area contributed by atoms with Crippen LogP contribution in [0.5, 0.6) is 0 Å². The van der Waals surface area contributed by atoms with Crippen molar-refractivity contribution in [3.63, 3.8) is 0 Å². The lowest BCUT2D eigenvalue weighted by Crippen LogP contribution is -2.34. The van der Waals surface area contributed by atoms with Crippen molar-refractivity contribution in [2.75, 3.05) is 18.9 Å². The van der Waals surface area contributed by atoms with Crippen molar-refractivity contribution < 1.29 is 14.4 Å². The number of carbonyl (C=O) groups excluding carboxylic acids is 3. The molecule has 4 N–H and O–H groups in total. The fraction of sp³-hybridized carbons (Fsp3) is 0.333. The van der Waals surface area contributed by atoms with Crippen LogP contribution in [0, 0.1) is 0 Å². The zero-order valence-electron chi connectivity index (χ0n) is 21.0. The Hall–Kier alpha value is -4.14. The molecule has 0 aliphatic rings. The van der Waals surface area contributed by atoms with E-state index in [9.17, 15) is 14.4 Å². The van der Waals surface area contributed by atoms with Crippen molar-refractivity contribution in [1.29, 1.82) is 0 Å². The maximum Gasteiger partial charge on any atom is 0.319 e. The van der Waals surface area contributed by atoms with Crippen molar-refractivity contribution in [3.8, 4) is 11.3 Å². The number of para-hydroxylation sites is 1. The number of benzene rings is 2. The van der Waals surface area contributed by atoms with Gasteiger partial charge in [-0.2, -0.15) is 0 Å². The van der Waals surface area contributed by atoms with E-state index >= 15 is 0 Å². The monoisotopic (exact) mass is 490 g/mol. The molecule has 0 saturated carbocycles. The molecule has 190 valence electrons. The van der Waals surface area contributed by atoms with Crippen molar-refractivity contribution in [3.05, 3.63) is 72.2 Å². The summed E-state index contributed by atoms with van der Waals surface area (Å²) in [7, 11) is 1.57. The van der Waals surface area contributed by atoms with Gasteiger partial charge >= 0.3 is 6.03 Å². The molecule has 0 bridgehead atoms. The maximum absolute atomic E-state index is 13.4. The Balaban J connectivity index is 1.99. The van der Waals surface area contributed by atoms with Gasteiger partial charge in [0.05, 0.1) is 6.04 Å². The summed E-state index contributed by atoms with van der Waals surface area (Å²) in [6, 6.07) is 17.6. The second-order valence-electron chi connectivity index (χ2n) is 8.40. The van der Waals surface area contributed by atoms with Gasteiger partial charge < -0.3 is 25.8 Å². The minimum absolute atomic E-state index is 0.157. The van der Waals surface area contributed by atoms with Crippen LogP contribution in [0.4, 0.5) is 10.5 Å². The minimum atomic E-state index is -0.543. The number of urea groups is 1. The molecular weight excluding hydrogens is 456 g/mol. The van der Waals surface area contributed by atoms with Crippen LogP contribution in [-0.4, -0.2) is 41.0 Å². The van der Waals surface area contributed by atoms with Crippen molar-refractivity contribution >= 4 is 23.5 Å². The number of carbonyl (C=O) groups is 3. The van der Waals surface area contributed by atoms with Crippen LogP contribution in [0.25, 0.3) is 11.3 Å². The highest BCUT2D eigenvalue weighted by Crippen LogP contribution is 2.27. The summed E-state index contributed by atoms with van der Waals surface area (Å²) in [5.41, 5.74) is 2.31. The number of amides is 4. The first-order valence-electron chi connectivity index (χ1n) is 12.2. The zero-order chi connectivity index (χ0) is 25.9. The van der Waals surface area contributed by atoms with Crippen molar-refractivity contribution in [1.82, 2.24) is 25.5 Å². The third-order valence-electron chi connectivity index (χ3n) is 5.68. The molecule has 0 radical (unpaired) electrons. The Morgan fingerprint density at radius 2 is 1.67 bits per heavy atom. The summed E-state index contributed by atoms with van der Waals surface area (Å²) < 4.78 is 1.74. The van der Waals surface area contributed by atoms with E-state index < -0.39 is 12.1 Å². The van der Waals surface area contributed by atoms with Crippen LogP contribution < -0.4 is 21.3 Å². The molecule has 9 heteroatoms. The summed E-state index contributed by atoms with van der Waals surface area (Å²) in [5.74, 6) is 0.0659. The third kappa shape index (κ3) is 6.94. The molecule has 1 unspecified atom stereocenters. The van der Waals surface area contributed by atoms with E-state index in [0.29, 0.717) is 29.4 Å². The molecule has 3 rings (SSSR count). The number of aromatic nitrogens is 2. The summed E-state index contributed by atoms with van der Waals surface area (Å²) in [6.45, 7) is 4.63. The smallest absolute Gasteiger partial charge is 0.319 e. The SMILES string of the molecule is CCCCNC(=O)c1c(-c2ccccc2)nc(C(C)NC(=O)Nc2ccccc2)n1CCC(=O)NC. The van der Waals surface area contributed by atoms with Crippen LogP contribution in [0.3, 0.4) is 0 Å². The van der Waals surface area contributed by atoms with E-state index in [0.717, 1.165) is 18.4 Å². The lowest BCUT2D eigenvalue weighted by Gasteiger charge is -2.18. The first-order valence-corrected chi connectivity index (χ1v) is 12.2. The predicted molar refractivity (Wildman–Crippen MR) is 141 cm³/mol. The number of imidazole rings is 1. The number of anilines is 1. The number of hydrogen-bond acceptors (Lipinski definition) is 4. The molecule has 1 aromatic heterocycles. The Bertz CT molecular complexity index is 1160. The Morgan fingerprint density at radius 1 is 1.00 bits per heavy atom. The highest BCUT2D eigenvalue weighted by Gasteiger charge is 2.27. The fourth-order valence-electron chi connectivity index (χ4n) is 3.81. The van der Waals surface area contributed by atoms with Crippen molar-refractivity contribution in [2.24, 2.45) is 0 Å². The number of hydrogen-bond donors (Lipinski definition) is 4. The van der Waals surface area contributed by atoms with Crippen LogP contribution in [0.2, 0.25) is 0 Å². The highest BCUT2D eigenvalue weighted by atomic mass is 16.2. The van der Waals surface area contributed by atoms with Gasteiger partial charge in [-0.1, -0.05) is 61.9 Å². The molecule has 4 amide bonds. The average molecular weight is 491 g/mol. The molecule has 0 aliphatic carbocycles. The summed E-state index contributed by atoms with van der Waals surface area (Å²) in [6.07, 6.45) is 1.96. The Labute approximate surface area is 211 Å². The molecule has 0 saturated heterocycles. The average Bonchev–Trinajstić information content (AvgIpc) is 3.28. The maximum atomic E-state index is 13.4. The van der Waals surface area contributed by atoms with Gasteiger partial charge in [-0.25, -0.2) is 9.78 Å². The lowest BCUT2D eigenvalue weighted by atomic mass is 10.1. The second kappa shape index (κ2) is 13.1. The molecule has 0 fully saturated rings. The number of nitrogens with zero attached hydrogens (tertiary/aromatic N) is 2. The van der Waals surface area contributed by atoms with Gasteiger partial charge in [0, 0.05) is 37.8 Å². The topological polar surface area (TPSA) is 117 Å². The van der Waals surface area contributed by atoms with E-state index in [4.69, 9.17) is 4.98 Å². The van der Waals surface area contributed by atoms with E-state index in [2.05, 4.69) is 28.2 Å². The Morgan fingerprint density at radius 3 is 2.31 bits per heavy atom. The van der Waals surface area contributed by atoms with Gasteiger partial charge in [-0.3, -0.25) is 9.59 Å². The summed E-state index contributed by atoms with van der Waals surface area (Å²) in [5, 5.41) is 11.3. The first-order chi connectivity index (χ1) is 17.4. The molecule has 36 heavy (non-hydrogen) atoms. The van der Waals surface area contributed by atoms with Crippen LogP contribution >= 0.6 is 0 Å². The van der Waals surface area contributed by atoms with Gasteiger partial charge in [-0.15, -0.1) is 0 Å². The van der Waals surface area contributed by atoms with E-state index in [-0.39, 0.29) is 24.8 Å². The molecular formula is C27H34N6O3. The molecule has 9 nitrogen and oxygen atoms in total. The molecule has 3 aromatic rings. The standard InChI is InChI=1S/C27H34N6O3/c1-4-5-17-29-26(35)24-23(20-12-8-6-9-13-20)32-25(33(24)18-16-22(34)28-3)19(2)30-27(36)31-21-14-10-7-11-15-21/h6-15,19H,4-5,16-18H2,1-3H3,(H,28,34)(H,29,35)(H2,30,31,36). The molecule has 1 atom stereocenters. The first kappa shape index (κ1) is 26.5. The van der Waals surface area contributed by atoms with Gasteiger partial charge in [-0.05, 0) is 25.5 Å². The van der Waals surface area contributed by atoms with Crippen LogP contribution in [0.15, 0.2) is 60.7 Å². The number of rotatable bonds is 11. The molecule has 1 heterocycles. The van der Waals surface area contributed by atoms with Gasteiger partial charge in [0.15, 0.2) is 0 Å². The van der Waals surface area contributed by atoms with E-state index in [1.807, 2.05) is 48.5 Å². The Kier molecular flexibility index (Phi) is 9.62. The lowest BCUT2D eigenvalue weighted by molar-refractivity contribution is -0.120. The summed E-state index contributed by atoms with van der Waals surface area (Å²) >= 11 is 0. The molecule has 0 aliphatic heterocycles. The summed E-state index contributed by atoms with van der Waals surface area (Å²) in [4.78, 5) is 43.0. The highest BCUT2D eigenvalue weighted by molar-refractivity contribution is 5.99. The number of unbranched alkanes of at least 4 members (excludes halogenated alkanes) is 1. The quantitative estimate of drug-likeness (QED) is 0.303.